The first kappa shape index (κ1) is 14.3. The number of hydrogen-bond donors (Lipinski definition) is 2. The van der Waals surface area contributed by atoms with E-state index in [0.717, 1.165) is 0 Å². The van der Waals surface area contributed by atoms with Gasteiger partial charge in [0.25, 0.3) is 6.43 Å². The number of likely N-dealkylation sites (N-methyl/N-ethyl adjacent to an activating group) is 1. The van der Waals surface area contributed by atoms with Crippen molar-refractivity contribution in [2.75, 3.05) is 33.4 Å². The van der Waals surface area contributed by atoms with Gasteiger partial charge in [-0.05, 0) is 0 Å². The molecule has 1 rings (SSSR count). The zero-order valence-corrected chi connectivity index (χ0v) is 9.73. The molecule has 0 bridgehead atoms. The highest BCUT2D eigenvalue weighted by molar-refractivity contribution is 5.76. The fraction of sp³-hybridized carbons (Fsp3) is 0.900. The summed E-state index contributed by atoms with van der Waals surface area (Å²) in [6, 6.07) is -0.252. The lowest BCUT2D eigenvalue weighted by molar-refractivity contribution is -0.134. The summed E-state index contributed by atoms with van der Waals surface area (Å²) in [7, 11) is 1.59. The SMILES string of the molecule is CN(C(=O)CCOCC(F)F)[C@@H]1CNC[C@H]1O. The maximum atomic E-state index is 11.8. The van der Waals surface area contributed by atoms with E-state index in [0.29, 0.717) is 13.1 Å². The van der Waals surface area contributed by atoms with Gasteiger partial charge in [-0.2, -0.15) is 0 Å². The van der Waals surface area contributed by atoms with Gasteiger partial charge in [0.05, 0.1) is 25.2 Å². The van der Waals surface area contributed by atoms with E-state index in [9.17, 15) is 18.7 Å². The lowest BCUT2D eigenvalue weighted by Gasteiger charge is -2.26. The zero-order valence-electron chi connectivity index (χ0n) is 9.73. The molecule has 1 saturated heterocycles. The van der Waals surface area contributed by atoms with Crippen LogP contribution in [-0.2, 0) is 9.53 Å². The lowest BCUT2D eigenvalue weighted by atomic mass is 10.2. The number of carbonyl (C=O) groups is 1. The molecule has 1 amide bonds. The van der Waals surface area contributed by atoms with Crippen LogP contribution < -0.4 is 5.32 Å². The molecule has 0 aliphatic carbocycles. The Morgan fingerprint density at radius 3 is 2.82 bits per heavy atom. The fourth-order valence-corrected chi connectivity index (χ4v) is 1.74. The van der Waals surface area contributed by atoms with E-state index >= 15 is 0 Å². The van der Waals surface area contributed by atoms with Crippen molar-refractivity contribution in [3.8, 4) is 0 Å². The van der Waals surface area contributed by atoms with Crippen LogP contribution in [0.25, 0.3) is 0 Å². The van der Waals surface area contributed by atoms with Crippen LogP contribution in [0.5, 0.6) is 0 Å². The Labute approximate surface area is 98.7 Å². The molecule has 1 heterocycles. The second-order valence-corrected chi connectivity index (χ2v) is 4.01. The Hall–Kier alpha value is -0.790. The summed E-state index contributed by atoms with van der Waals surface area (Å²) in [5.74, 6) is -0.216. The molecule has 1 aliphatic rings. The number of rotatable bonds is 6. The van der Waals surface area contributed by atoms with Gasteiger partial charge in [0, 0.05) is 20.1 Å². The molecule has 1 fully saturated rings. The number of amides is 1. The van der Waals surface area contributed by atoms with Gasteiger partial charge in [-0.3, -0.25) is 4.79 Å². The first-order valence-electron chi connectivity index (χ1n) is 5.52. The number of nitrogens with one attached hydrogen (secondary N) is 1. The van der Waals surface area contributed by atoms with E-state index in [1.807, 2.05) is 0 Å². The third-order valence-corrected chi connectivity index (χ3v) is 2.75. The van der Waals surface area contributed by atoms with Crippen LogP contribution in [-0.4, -0.2) is 67.8 Å². The van der Waals surface area contributed by atoms with E-state index in [4.69, 9.17) is 0 Å². The van der Waals surface area contributed by atoms with E-state index in [2.05, 4.69) is 10.1 Å². The fourth-order valence-electron chi connectivity index (χ4n) is 1.74. The topological polar surface area (TPSA) is 61.8 Å². The summed E-state index contributed by atoms with van der Waals surface area (Å²) < 4.78 is 28.1. The predicted octanol–water partition coefficient (Wildman–Crippen LogP) is -0.551. The van der Waals surface area contributed by atoms with Gasteiger partial charge in [-0.1, -0.05) is 0 Å². The van der Waals surface area contributed by atoms with Crippen molar-refractivity contribution in [1.82, 2.24) is 10.2 Å². The smallest absolute Gasteiger partial charge is 0.261 e. The molecule has 0 saturated carbocycles. The van der Waals surface area contributed by atoms with E-state index in [1.54, 1.807) is 7.05 Å². The van der Waals surface area contributed by atoms with Gasteiger partial charge in [-0.15, -0.1) is 0 Å². The second-order valence-electron chi connectivity index (χ2n) is 4.01. The molecule has 2 atom stereocenters. The van der Waals surface area contributed by atoms with Gasteiger partial charge in [0.15, 0.2) is 0 Å². The minimum atomic E-state index is -2.51. The van der Waals surface area contributed by atoms with Crippen molar-refractivity contribution in [1.29, 1.82) is 0 Å². The predicted molar refractivity (Wildman–Crippen MR) is 56.9 cm³/mol. The van der Waals surface area contributed by atoms with Crippen LogP contribution in [0.1, 0.15) is 6.42 Å². The molecule has 0 spiro atoms. The molecule has 0 unspecified atom stereocenters. The molecule has 17 heavy (non-hydrogen) atoms. The number of ether oxygens (including phenoxy) is 1. The average molecular weight is 252 g/mol. The summed E-state index contributed by atoms with van der Waals surface area (Å²) in [5, 5.41) is 12.5. The van der Waals surface area contributed by atoms with Gasteiger partial charge in [0.2, 0.25) is 5.91 Å². The highest BCUT2D eigenvalue weighted by atomic mass is 19.3. The van der Waals surface area contributed by atoms with E-state index in [1.165, 1.54) is 4.90 Å². The molecule has 100 valence electrons. The third-order valence-electron chi connectivity index (χ3n) is 2.75. The number of hydrogen-bond acceptors (Lipinski definition) is 4. The molecule has 2 N–H and O–H groups in total. The van der Waals surface area contributed by atoms with Crippen molar-refractivity contribution >= 4 is 5.91 Å². The number of nitrogens with zero attached hydrogens (tertiary/aromatic N) is 1. The van der Waals surface area contributed by atoms with Crippen LogP contribution >= 0.6 is 0 Å². The molecule has 0 aromatic rings. The number of carbonyl (C=O) groups excluding carboxylic acids is 1. The highest BCUT2D eigenvalue weighted by Gasteiger charge is 2.30. The standard InChI is InChI=1S/C10H18F2N2O3/c1-14(7-4-13-5-8(7)15)10(16)2-3-17-6-9(11)12/h7-9,13,15H,2-6H2,1H3/t7-,8-/m1/s1. The Bertz CT molecular complexity index is 254. The van der Waals surface area contributed by atoms with Gasteiger partial charge >= 0.3 is 0 Å². The molecular weight excluding hydrogens is 234 g/mol. The number of halogens is 2. The summed E-state index contributed by atoms with van der Waals surface area (Å²) >= 11 is 0. The van der Waals surface area contributed by atoms with Crippen molar-refractivity contribution in [3.63, 3.8) is 0 Å². The maximum Gasteiger partial charge on any atom is 0.261 e. The molecule has 1 aliphatic heterocycles. The zero-order chi connectivity index (χ0) is 12.8. The quantitative estimate of drug-likeness (QED) is 0.623. The van der Waals surface area contributed by atoms with Crippen LogP contribution in [0.2, 0.25) is 0 Å². The van der Waals surface area contributed by atoms with Gasteiger partial charge < -0.3 is 20.1 Å². The first-order chi connectivity index (χ1) is 8.02. The monoisotopic (exact) mass is 252 g/mol. The molecule has 0 radical (unpaired) electrons. The van der Waals surface area contributed by atoms with Crippen molar-refractivity contribution < 1.29 is 23.4 Å². The van der Waals surface area contributed by atoms with Crippen LogP contribution in [0, 0.1) is 0 Å². The normalized spacial score (nSPS) is 24.3. The largest absolute Gasteiger partial charge is 0.390 e. The summed E-state index contributed by atoms with van der Waals surface area (Å²) in [5.41, 5.74) is 0. The number of aliphatic hydroxyl groups is 1. The minimum Gasteiger partial charge on any atom is -0.390 e. The summed E-state index contributed by atoms with van der Waals surface area (Å²) in [4.78, 5) is 13.1. The molecule has 5 nitrogen and oxygen atoms in total. The Balaban J connectivity index is 2.22. The van der Waals surface area contributed by atoms with Gasteiger partial charge in [-0.25, -0.2) is 8.78 Å². The minimum absolute atomic E-state index is 0.0241. The third kappa shape index (κ3) is 4.53. The van der Waals surface area contributed by atoms with Gasteiger partial charge in [0.1, 0.15) is 6.61 Å². The number of β-amino-alcohol motifs (C(OH)–C–C–N with tert-alkyl or cyclic N) is 1. The Kier molecular flexibility index (Phi) is 5.73. The van der Waals surface area contributed by atoms with Crippen LogP contribution in [0.3, 0.4) is 0 Å². The number of aliphatic hydroxyl groups excluding tert-OH is 1. The Morgan fingerprint density at radius 1 is 1.59 bits per heavy atom. The summed E-state index contributed by atoms with van der Waals surface area (Å²) in [6.45, 7) is 0.333. The molecule has 7 heteroatoms. The van der Waals surface area contributed by atoms with E-state index < -0.39 is 19.1 Å². The maximum absolute atomic E-state index is 11.8. The molecular formula is C10H18F2N2O3. The number of alkyl halides is 2. The van der Waals surface area contributed by atoms with Crippen LogP contribution in [0.15, 0.2) is 0 Å². The second kappa shape index (κ2) is 6.83. The van der Waals surface area contributed by atoms with Crippen LogP contribution in [0.4, 0.5) is 8.78 Å². The molecule has 0 aromatic carbocycles. The average Bonchev–Trinajstić information content (AvgIpc) is 2.69. The summed E-state index contributed by atoms with van der Waals surface area (Å²) in [6.07, 6.45) is -3.04. The van der Waals surface area contributed by atoms with Crippen molar-refractivity contribution in [2.45, 2.75) is 25.0 Å². The Morgan fingerprint density at radius 2 is 2.29 bits per heavy atom. The lowest BCUT2D eigenvalue weighted by Crippen LogP contribution is -2.44. The first-order valence-corrected chi connectivity index (χ1v) is 5.52. The van der Waals surface area contributed by atoms with E-state index in [-0.39, 0.29) is 25.0 Å². The van der Waals surface area contributed by atoms with Crippen molar-refractivity contribution in [2.24, 2.45) is 0 Å². The molecule has 0 aromatic heterocycles. The van der Waals surface area contributed by atoms with Crippen molar-refractivity contribution in [3.05, 3.63) is 0 Å². The highest BCUT2D eigenvalue weighted by Crippen LogP contribution is 2.08.